The molecule has 1 aromatic carbocycles. The quantitative estimate of drug-likeness (QED) is 0.383. The molecule has 0 N–H and O–H groups in total. The Hall–Kier alpha value is -1.89. The molecule has 72 valence electrons. The molecule has 1 heteroatoms. The monoisotopic (exact) mass is 194 g/mol. The lowest BCUT2D eigenvalue weighted by atomic mass is 10.1. The molecule has 0 spiro atoms. The van der Waals surface area contributed by atoms with Crippen molar-refractivity contribution in [2.24, 2.45) is 0 Å². The highest BCUT2D eigenvalue weighted by atomic mass is 14.9. The minimum atomic E-state index is 1.26. The molecule has 0 unspecified atom stereocenters. The van der Waals surface area contributed by atoms with Crippen LogP contribution < -0.4 is 4.40 Å². The first kappa shape index (κ1) is 8.42. The van der Waals surface area contributed by atoms with Gasteiger partial charge in [0.05, 0.1) is 5.39 Å². The SMILES string of the molecule is Cc1cccc2c3ccccc3cc[n+]12. The molecule has 0 radical (unpaired) electrons. The van der Waals surface area contributed by atoms with E-state index >= 15 is 0 Å². The molecule has 2 heterocycles. The fraction of sp³-hybridized carbons (Fsp3) is 0.0714. The minimum absolute atomic E-state index is 1.26. The van der Waals surface area contributed by atoms with Crippen LogP contribution in [0.1, 0.15) is 5.69 Å². The van der Waals surface area contributed by atoms with Crippen LogP contribution in [-0.2, 0) is 0 Å². The molecule has 3 rings (SSSR count). The van der Waals surface area contributed by atoms with Gasteiger partial charge >= 0.3 is 0 Å². The molecule has 0 atom stereocenters. The molecule has 0 fully saturated rings. The first-order valence-electron chi connectivity index (χ1n) is 5.15. The van der Waals surface area contributed by atoms with Gasteiger partial charge in [0.2, 0.25) is 5.52 Å². The second-order valence-corrected chi connectivity index (χ2v) is 3.83. The molecular weight excluding hydrogens is 182 g/mol. The van der Waals surface area contributed by atoms with Crippen molar-refractivity contribution in [1.29, 1.82) is 0 Å². The number of hydrogen-bond donors (Lipinski definition) is 0. The molecule has 0 aliphatic heterocycles. The van der Waals surface area contributed by atoms with Crippen molar-refractivity contribution in [3.63, 3.8) is 0 Å². The molecule has 1 nitrogen and oxygen atoms in total. The molecule has 0 bridgehead atoms. The zero-order chi connectivity index (χ0) is 10.3. The lowest BCUT2D eigenvalue weighted by molar-refractivity contribution is -0.518. The van der Waals surface area contributed by atoms with Crippen molar-refractivity contribution in [3.8, 4) is 0 Å². The van der Waals surface area contributed by atoms with Crippen LogP contribution in [0.4, 0.5) is 0 Å². The second-order valence-electron chi connectivity index (χ2n) is 3.83. The maximum Gasteiger partial charge on any atom is 0.218 e. The summed E-state index contributed by atoms with van der Waals surface area (Å²) in [6.07, 6.45) is 2.13. The van der Waals surface area contributed by atoms with Gasteiger partial charge in [-0.3, -0.25) is 0 Å². The molecule has 3 aromatic rings. The van der Waals surface area contributed by atoms with Gasteiger partial charge in [-0.2, -0.15) is 4.40 Å². The first-order valence-corrected chi connectivity index (χ1v) is 5.15. The first-order chi connectivity index (χ1) is 7.36. The van der Waals surface area contributed by atoms with Crippen LogP contribution in [-0.4, -0.2) is 0 Å². The molecule has 2 aromatic heterocycles. The van der Waals surface area contributed by atoms with E-state index in [2.05, 4.69) is 66.1 Å². The van der Waals surface area contributed by atoms with E-state index in [0.717, 1.165) is 0 Å². The van der Waals surface area contributed by atoms with E-state index in [4.69, 9.17) is 0 Å². The van der Waals surface area contributed by atoms with Crippen molar-refractivity contribution < 1.29 is 4.40 Å². The number of pyridine rings is 2. The van der Waals surface area contributed by atoms with E-state index < -0.39 is 0 Å². The Morgan fingerprint density at radius 1 is 0.867 bits per heavy atom. The molecule has 15 heavy (non-hydrogen) atoms. The van der Waals surface area contributed by atoms with Gasteiger partial charge in [-0.1, -0.05) is 18.2 Å². The van der Waals surface area contributed by atoms with Gasteiger partial charge in [-0.05, 0) is 17.5 Å². The zero-order valence-electron chi connectivity index (χ0n) is 8.64. The van der Waals surface area contributed by atoms with Crippen molar-refractivity contribution in [2.45, 2.75) is 6.92 Å². The summed E-state index contributed by atoms with van der Waals surface area (Å²) in [7, 11) is 0. The van der Waals surface area contributed by atoms with Gasteiger partial charge in [0.25, 0.3) is 0 Å². The summed E-state index contributed by atoms with van der Waals surface area (Å²) in [6, 6.07) is 17.0. The Balaban J connectivity index is 2.60. The number of benzene rings is 1. The summed E-state index contributed by atoms with van der Waals surface area (Å²) in [6.45, 7) is 2.13. The average Bonchev–Trinajstić information content (AvgIpc) is 2.29. The average molecular weight is 194 g/mol. The Kier molecular flexibility index (Phi) is 1.72. The Labute approximate surface area is 88.6 Å². The number of rotatable bonds is 0. The smallest absolute Gasteiger partial charge is 0.164 e. The summed E-state index contributed by atoms with van der Waals surface area (Å²) >= 11 is 0. The predicted octanol–water partition coefficient (Wildman–Crippen LogP) is 2.89. The highest BCUT2D eigenvalue weighted by Gasteiger charge is 2.08. The molecule has 0 saturated carbocycles. The van der Waals surface area contributed by atoms with E-state index in [9.17, 15) is 0 Å². The number of aromatic nitrogens is 1. The van der Waals surface area contributed by atoms with Crippen LogP contribution in [0.5, 0.6) is 0 Å². The molecule has 0 aliphatic rings. The second kappa shape index (κ2) is 3.06. The number of hydrogen-bond acceptors (Lipinski definition) is 0. The van der Waals surface area contributed by atoms with Gasteiger partial charge in [0, 0.05) is 25.1 Å². The van der Waals surface area contributed by atoms with Crippen LogP contribution in [0.3, 0.4) is 0 Å². The van der Waals surface area contributed by atoms with Crippen molar-refractivity contribution in [1.82, 2.24) is 0 Å². The molecular formula is C14H12N+. The maximum atomic E-state index is 2.22. The summed E-state index contributed by atoms with van der Waals surface area (Å²) < 4.78 is 2.22. The van der Waals surface area contributed by atoms with Gasteiger partial charge in [0.1, 0.15) is 0 Å². The highest BCUT2D eigenvalue weighted by Crippen LogP contribution is 2.16. The Morgan fingerprint density at radius 2 is 1.73 bits per heavy atom. The van der Waals surface area contributed by atoms with E-state index in [1.807, 2.05) is 0 Å². The standard InChI is InChI=1S/C14H12N/c1-11-5-4-8-14-13-7-3-2-6-12(13)9-10-15(11)14/h2-10H,1H3/q+1. The highest BCUT2D eigenvalue weighted by molar-refractivity contribution is 5.93. The van der Waals surface area contributed by atoms with E-state index in [1.54, 1.807) is 0 Å². The van der Waals surface area contributed by atoms with Gasteiger partial charge < -0.3 is 0 Å². The van der Waals surface area contributed by atoms with Gasteiger partial charge in [0.15, 0.2) is 11.9 Å². The van der Waals surface area contributed by atoms with Crippen LogP contribution in [0.2, 0.25) is 0 Å². The summed E-state index contributed by atoms with van der Waals surface area (Å²) in [4.78, 5) is 0. The Bertz CT molecular complexity index is 641. The lowest BCUT2D eigenvalue weighted by Crippen LogP contribution is -2.24. The molecule has 0 aliphatic carbocycles. The fourth-order valence-electron chi connectivity index (χ4n) is 2.08. The molecule has 0 amide bonds. The third-order valence-electron chi connectivity index (χ3n) is 2.87. The number of aryl methyl sites for hydroxylation is 1. The Morgan fingerprint density at radius 3 is 2.67 bits per heavy atom. The van der Waals surface area contributed by atoms with Crippen LogP contribution in [0, 0.1) is 6.92 Å². The third-order valence-corrected chi connectivity index (χ3v) is 2.87. The van der Waals surface area contributed by atoms with Crippen LogP contribution in [0.25, 0.3) is 16.3 Å². The van der Waals surface area contributed by atoms with Crippen molar-refractivity contribution >= 4 is 16.3 Å². The lowest BCUT2D eigenvalue weighted by Gasteiger charge is -1.99. The predicted molar refractivity (Wildman–Crippen MR) is 61.8 cm³/mol. The largest absolute Gasteiger partial charge is 0.218 e. The fourth-order valence-corrected chi connectivity index (χ4v) is 2.08. The van der Waals surface area contributed by atoms with Crippen LogP contribution in [0.15, 0.2) is 54.7 Å². The number of fused-ring (bicyclic) bond motifs is 3. The van der Waals surface area contributed by atoms with E-state index in [1.165, 1.54) is 22.0 Å². The normalized spacial score (nSPS) is 11.0. The minimum Gasteiger partial charge on any atom is -0.164 e. The van der Waals surface area contributed by atoms with Gasteiger partial charge in [-0.25, -0.2) is 0 Å². The number of nitrogens with zero attached hydrogens (tertiary/aromatic N) is 1. The maximum absolute atomic E-state index is 2.22. The van der Waals surface area contributed by atoms with Crippen molar-refractivity contribution in [2.75, 3.05) is 0 Å². The zero-order valence-corrected chi connectivity index (χ0v) is 8.64. The van der Waals surface area contributed by atoms with Crippen molar-refractivity contribution in [3.05, 3.63) is 60.4 Å². The van der Waals surface area contributed by atoms with Crippen LogP contribution >= 0.6 is 0 Å². The summed E-state index contributed by atoms with van der Waals surface area (Å²) in [5.41, 5.74) is 2.53. The van der Waals surface area contributed by atoms with E-state index in [0.29, 0.717) is 0 Å². The third kappa shape index (κ3) is 1.20. The molecule has 0 saturated heterocycles. The summed E-state index contributed by atoms with van der Waals surface area (Å²) in [5.74, 6) is 0. The summed E-state index contributed by atoms with van der Waals surface area (Å²) in [5, 5.41) is 2.60. The topological polar surface area (TPSA) is 4.10 Å². The van der Waals surface area contributed by atoms with Gasteiger partial charge in [-0.15, -0.1) is 0 Å². The van der Waals surface area contributed by atoms with E-state index in [-0.39, 0.29) is 0 Å².